The summed E-state index contributed by atoms with van der Waals surface area (Å²) in [5.74, 6) is 2.51. The van der Waals surface area contributed by atoms with Crippen molar-refractivity contribution in [2.75, 3.05) is 17.8 Å². The van der Waals surface area contributed by atoms with Gasteiger partial charge in [0.15, 0.2) is 9.84 Å². The van der Waals surface area contributed by atoms with Crippen molar-refractivity contribution in [3.8, 4) is 0 Å². The van der Waals surface area contributed by atoms with Crippen molar-refractivity contribution in [1.29, 1.82) is 0 Å². The zero-order valence-corrected chi connectivity index (χ0v) is 14.1. The normalized spacial score (nSPS) is 11.6. The van der Waals surface area contributed by atoms with Crippen LogP contribution in [0.2, 0.25) is 5.02 Å². The fourth-order valence-electron chi connectivity index (χ4n) is 1.79. The predicted molar refractivity (Wildman–Crippen MR) is 87.8 cm³/mol. The van der Waals surface area contributed by atoms with Crippen LogP contribution in [0.15, 0.2) is 39.6 Å². The van der Waals surface area contributed by atoms with Crippen LogP contribution in [0.3, 0.4) is 0 Å². The molecule has 0 saturated carbocycles. The topological polar surface area (TPSA) is 59.3 Å². The van der Waals surface area contributed by atoms with Gasteiger partial charge in [0.1, 0.15) is 11.5 Å². The summed E-state index contributed by atoms with van der Waals surface area (Å²) in [6.07, 6.45) is 3.18. The molecule has 0 atom stereocenters. The molecule has 0 unspecified atom stereocenters. The number of halogens is 1. The predicted octanol–water partition coefficient (Wildman–Crippen LogP) is 3.81. The number of nitrogens with one attached hydrogen (secondary N) is 1. The summed E-state index contributed by atoms with van der Waals surface area (Å²) in [6.45, 7) is 0.446. The Labute approximate surface area is 133 Å². The second kappa shape index (κ2) is 6.77. The Hall–Kier alpha value is -1.11. The molecule has 0 radical (unpaired) electrons. The van der Waals surface area contributed by atoms with Gasteiger partial charge in [-0.2, -0.15) is 11.8 Å². The Bertz CT molecular complexity index is 726. The lowest BCUT2D eigenvalue weighted by molar-refractivity contribution is 0.487. The first-order valence-electron chi connectivity index (χ1n) is 6.20. The number of hydrogen-bond acceptors (Lipinski definition) is 5. The van der Waals surface area contributed by atoms with Gasteiger partial charge in [0.25, 0.3) is 0 Å². The molecule has 0 aliphatic heterocycles. The lowest BCUT2D eigenvalue weighted by Crippen LogP contribution is -2.02. The van der Waals surface area contributed by atoms with E-state index in [0.717, 1.165) is 17.3 Å². The van der Waals surface area contributed by atoms with Crippen LogP contribution in [0.5, 0.6) is 0 Å². The van der Waals surface area contributed by atoms with E-state index >= 15 is 0 Å². The fraction of sp³-hybridized carbons (Fsp3) is 0.286. The summed E-state index contributed by atoms with van der Waals surface area (Å²) in [5.41, 5.74) is 0.572. The quantitative estimate of drug-likeness (QED) is 0.862. The van der Waals surface area contributed by atoms with Gasteiger partial charge in [-0.25, -0.2) is 8.42 Å². The van der Waals surface area contributed by atoms with E-state index in [4.69, 9.17) is 16.0 Å². The number of benzene rings is 1. The molecular weight excluding hydrogens is 330 g/mol. The van der Waals surface area contributed by atoms with Crippen LogP contribution in [-0.4, -0.2) is 20.9 Å². The molecule has 4 nitrogen and oxygen atoms in total. The zero-order valence-electron chi connectivity index (χ0n) is 11.7. The Morgan fingerprint density at radius 2 is 1.95 bits per heavy atom. The average Bonchev–Trinajstić information content (AvgIpc) is 2.84. The van der Waals surface area contributed by atoms with Gasteiger partial charge >= 0.3 is 0 Å². The third-order valence-corrected chi connectivity index (χ3v) is 4.84. The van der Waals surface area contributed by atoms with E-state index < -0.39 is 9.84 Å². The standard InChI is InChI=1S/C14H16ClNO3S2/c1-20-9-11-4-3-10(19-11)8-16-14-7-12(21(2,17)18)5-6-13(14)15/h3-7,16H,8-9H2,1-2H3. The second-order valence-electron chi connectivity index (χ2n) is 4.57. The van der Waals surface area contributed by atoms with Crippen molar-refractivity contribution in [3.05, 3.63) is 46.9 Å². The molecule has 0 amide bonds. The van der Waals surface area contributed by atoms with Crippen LogP contribution in [0.1, 0.15) is 11.5 Å². The van der Waals surface area contributed by atoms with E-state index in [1.54, 1.807) is 17.8 Å². The van der Waals surface area contributed by atoms with Crippen LogP contribution < -0.4 is 5.32 Å². The number of furan rings is 1. The molecule has 2 rings (SSSR count). The summed E-state index contributed by atoms with van der Waals surface area (Å²) in [7, 11) is -3.25. The molecule has 1 heterocycles. The summed E-state index contributed by atoms with van der Waals surface area (Å²) in [4.78, 5) is 0.233. The lowest BCUT2D eigenvalue weighted by atomic mass is 10.3. The molecule has 0 saturated heterocycles. The third kappa shape index (κ3) is 4.43. The molecule has 0 bridgehead atoms. The molecule has 1 N–H and O–H groups in total. The van der Waals surface area contributed by atoms with E-state index in [1.807, 2.05) is 18.4 Å². The Kier molecular flexibility index (Phi) is 5.24. The zero-order chi connectivity index (χ0) is 15.5. The summed E-state index contributed by atoms with van der Waals surface area (Å²) >= 11 is 7.76. The van der Waals surface area contributed by atoms with Crippen LogP contribution in [0.25, 0.3) is 0 Å². The van der Waals surface area contributed by atoms with Crippen molar-refractivity contribution < 1.29 is 12.8 Å². The van der Waals surface area contributed by atoms with E-state index in [2.05, 4.69) is 5.32 Å². The maximum Gasteiger partial charge on any atom is 0.175 e. The monoisotopic (exact) mass is 345 g/mol. The highest BCUT2D eigenvalue weighted by molar-refractivity contribution is 7.97. The fourth-order valence-corrected chi connectivity index (χ4v) is 3.06. The minimum atomic E-state index is -3.25. The number of hydrogen-bond donors (Lipinski definition) is 1. The molecule has 1 aromatic heterocycles. The highest BCUT2D eigenvalue weighted by atomic mass is 35.5. The lowest BCUT2D eigenvalue weighted by Gasteiger charge is -2.08. The van der Waals surface area contributed by atoms with E-state index in [-0.39, 0.29) is 4.90 Å². The molecule has 1 aromatic carbocycles. The van der Waals surface area contributed by atoms with Crippen molar-refractivity contribution in [3.63, 3.8) is 0 Å². The van der Waals surface area contributed by atoms with Crippen molar-refractivity contribution >= 4 is 38.9 Å². The summed E-state index contributed by atoms with van der Waals surface area (Å²) < 4.78 is 28.7. The molecule has 0 fully saturated rings. The SMILES string of the molecule is CSCc1ccc(CNc2cc(S(C)(=O)=O)ccc2Cl)o1. The van der Waals surface area contributed by atoms with Gasteiger partial charge in [-0.3, -0.25) is 0 Å². The van der Waals surface area contributed by atoms with Crippen LogP contribution in [0, 0.1) is 0 Å². The molecule has 0 aliphatic rings. The number of rotatable bonds is 6. The minimum absolute atomic E-state index is 0.233. The van der Waals surface area contributed by atoms with Gasteiger partial charge in [0, 0.05) is 6.26 Å². The molecule has 7 heteroatoms. The maximum absolute atomic E-state index is 11.6. The van der Waals surface area contributed by atoms with Crippen molar-refractivity contribution in [2.24, 2.45) is 0 Å². The van der Waals surface area contributed by atoms with Gasteiger partial charge in [0.2, 0.25) is 0 Å². The molecular formula is C14H16ClNO3S2. The largest absolute Gasteiger partial charge is 0.463 e. The Morgan fingerprint density at radius 1 is 1.24 bits per heavy atom. The molecule has 21 heavy (non-hydrogen) atoms. The molecule has 0 spiro atoms. The number of anilines is 1. The first-order valence-corrected chi connectivity index (χ1v) is 9.86. The molecule has 114 valence electrons. The van der Waals surface area contributed by atoms with Gasteiger partial charge in [0.05, 0.1) is 27.9 Å². The van der Waals surface area contributed by atoms with Crippen molar-refractivity contribution in [1.82, 2.24) is 0 Å². The molecule has 2 aromatic rings. The maximum atomic E-state index is 11.6. The average molecular weight is 346 g/mol. The second-order valence-corrected chi connectivity index (χ2v) is 7.86. The Balaban J connectivity index is 2.12. The third-order valence-electron chi connectivity index (χ3n) is 2.82. The highest BCUT2D eigenvalue weighted by Gasteiger charge is 2.10. The number of thioether (sulfide) groups is 1. The Morgan fingerprint density at radius 3 is 2.62 bits per heavy atom. The van der Waals surface area contributed by atoms with E-state index in [0.29, 0.717) is 17.3 Å². The van der Waals surface area contributed by atoms with Crippen LogP contribution in [-0.2, 0) is 22.1 Å². The first-order chi connectivity index (χ1) is 9.90. The van der Waals surface area contributed by atoms with Crippen LogP contribution in [0.4, 0.5) is 5.69 Å². The van der Waals surface area contributed by atoms with Gasteiger partial charge in [-0.15, -0.1) is 0 Å². The van der Waals surface area contributed by atoms with E-state index in [1.165, 1.54) is 18.4 Å². The summed E-state index contributed by atoms with van der Waals surface area (Å²) in [6, 6.07) is 8.42. The highest BCUT2D eigenvalue weighted by Crippen LogP contribution is 2.26. The van der Waals surface area contributed by atoms with Gasteiger partial charge < -0.3 is 9.73 Å². The smallest absolute Gasteiger partial charge is 0.175 e. The first kappa shape index (κ1) is 16.3. The van der Waals surface area contributed by atoms with Gasteiger partial charge in [-0.05, 0) is 36.6 Å². The van der Waals surface area contributed by atoms with E-state index in [9.17, 15) is 8.42 Å². The van der Waals surface area contributed by atoms with Crippen LogP contribution >= 0.6 is 23.4 Å². The van der Waals surface area contributed by atoms with Gasteiger partial charge in [-0.1, -0.05) is 11.6 Å². The summed E-state index contributed by atoms with van der Waals surface area (Å²) in [5, 5.41) is 3.57. The number of sulfone groups is 1. The molecule has 0 aliphatic carbocycles. The minimum Gasteiger partial charge on any atom is -0.463 e. The van der Waals surface area contributed by atoms with Crippen molar-refractivity contribution in [2.45, 2.75) is 17.2 Å².